The molecule has 1 amide bonds. The Morgan fingerprint density at radius 1 is 1.09 bits per heavy atom. The summed E-state index contributed by atoms with van der Waals surface area (Å²) in [6.45, 7) is 6.13. The van der Waals surface area contributed by atoms with Crippen molar-refractivity contribution >= 4 is 25.6 Å². The molecule has 0 heterocycles. The molecule has 3 N–H and O–H groups in total. The van der Waals surface area contributed by atoms with Crippen LogP contribution in [0.4, 0.5) is 0 Å². The molecular weight excluding hydrogens is 467 g/mol. The molecule has 1 rings (SSSR count). The first-order valence-corrected chi connectivity index (χ1v) is 12.3. The number of benzene rings is 1. The summed E-state index contributed by atoms with van der Waals surface area (Å²) in [5, 5.41) is 15.6. The van der Waals surface area contributed by atoms with Gasteiger partial charge in [0.25, 0.3) is 0 Å². The van der Waals surface area contributed by atoms with E-state index < -0.39 is 43.2 Å². The van der Waals surface area contributed by atoms with Crippen molar-refractivity contribution in [1.29, 1.82) is 0 Å². The minimum Gasteiger partial charge on any atom is -0.469 e. The van der Waals surface area contributed by atoms with Crippen molar-refractivity contribution < 1.29 is 42.6 Å². The molecule has 0 aromatic heterocycles. The van der Waals surface area contributed by atoms with E-state index in [4.69, 9.17) is 13.8 Å². The minimum atomic E-state index is -4.18. The summed E-state index contributed by atoms with van der Waals surface area (Å²) in [5.41, 5.74) is -1.22. The number of para-hydroxylation sites is 1. The minimum absolute atomic E-state index is 0.0220. The summed E-state index contributed by atoms with van der Waals surface area (Å²) in [4.78, 5) is 35.7. The van der Waals surface area contributed by atoms with E-state index in [2.05, 4.69) is 15.1 Å². The van der Waals surface area contributed by atoms with Crippen LogP contribution in [-0.2, 0) is 32.9 Å². The fraction of sp³-hybridized carbons (Fsp3) is 0.591. The molecule has 192 valence electrons. The topological polar surface area (TPSA) is 149 Å². The van der Waals surface area contributed by atoms with Crippen molar-refractivity contribution in [1.82, 2.24) is 10.4 Å². The average Bonchev–Trinajstić information content (AvgIpc) is 2.80. The zero-order valence-corrected chi connectivity index (χ0v) is 21.3. The van der Waals surface area contributed by atoms with Gasteiger partial charge in [0.15, 0.2) is 0 Å². The molecule has 34 heavy (non-hydrogen) atoms. The van der Waals surface area contributed by atoms with Gasteiger partial charge in [0, 0.05) is 12.0 Å². The number of amides is 1. The van der Waals surface area contributed by atoms with E-state index in [0.717, 1.165) is 0 Å². The van der Waals surface area contributed by atoms with E-state index in [1.807, 2.05) is 0 Å². The smallest absolute Gasteiger partial charge is 0.459 e. The monoisotopic (exact) mass is 502 g/mol. The van der Waals surface area contributed by atoms with E-state index in [1.54, 1.807) is 44.2 Å². The number of methoxy groups -OCH3 is 2. The van der Waals surface area contributed by atoms with Gasteiger partial charge in [-0.2, -0.15) is 5.09 Å². The number of aliphatic hydroxyl groups excluding tert-OH is 1. The number of hydrogen-bond acceptors (Lipinski definition) is 9. The third-order valence-corrected chi connectivity index (χ3v) is 6.35. The zero-order chi connectivity index (χ0) is 25.9. The maximum absolute atomic E-state index is 13.6. The zero-order valence-electron chi connectivity index (χ0n) is 20.4. The third-order valence-electron chi connectivity index (χ3n) is 4.84. The van der Waals surface area contributed by atoms with Crippen molar-refractivity contribution in [3.63, 3.8) is 0 Å². The first-order valence-electron chi connectivity index (χ1n) is 10.7. The molecule has 0 fully saturated rings. The number of nitrogens with one attached hydrogen (secondary N) is 2. The van der Waals surface area contributed by atoms with E-state index >= 15 is 0 Å². The highest BCUT2D eigenvalue weighted by atomic mass is 31.2. The van der Waals surface area contributed by atoms with Crippen molar-refractivity contribution in [3.8, 4) is 5.75 Å². The molecular formula is C22H35N2O9P. The fourth-order valence-corrected chi connectivity index (χ4v) is 4.48. The number of carbonyl (C=O) groups excluding carboxylic acids is 3. The van der Waals surface area contributed by atoms with Crippen LogP contribution in [0.3, 0.4) is 0 Å². The Labute approximate surface area is 200 Å². The van der Waals surface area contributed by atoms with Crippen LogP contribution in [0.2, 0.25) is 0 Å². The molecule has 0 spiro atoms. The third kappa shape index (κ3) is 9.42. The van der Waals surface area contributed by atoms with Crippen LogP contribution in [0.15, 0.2) is 30.3 Å². The molecule has 11 nitrogen and oxygen atoms in total. The molecule has 0 aliphatic rings. The first-order chi connectivity index (χ1) is 15.8. The van der Waals surface area contributed by atoms with Gasteiger partial charge in [-0.15, -0.1) is 0 Å². The Hall–Kier alpha value is -2.46. The highest BCUT2D eigenvalue weighted by Crippen LogP contribution is 2.47. The Balaban J connectivity index is 2.99. The lowest BCUT2D eigenvalue weighted by molar-refractivity contribution is -0.144. The van der Waals surface area contributed by atoms with Crippen LogP contribution in [-0.4, -0.2) is 62.5 Å². The lowest BCUT2D eigenvalue weighted by atomic mass is 9.87. The summed E-state index contributed by atoms with van der Waals surface area (Å²) < 4.78 is 34.1. The maximum atomic E-state index is 13.6. The first kappa shape index (κ1) is 29.6. The number of rotatable bonds is 14. The van der Waals surface area contributed by atoms with E-state index in [9.17, 15) is 24.1 Å². The normalized spacial score (nSPS) is 15.1. The molecule has 3 atom stereocenters. The van der Waals surface area contributed by atoms with Crippen LogP contribution in [0.5, 0.6) is 5.75 Å². The van der Waals surface area contributed by atoms with Gasteiger partial charge in [0.05, 0.1) is 27.2 Å². The predicted octanol–water partition coefficient (Wildman–Crippen LogP) is 2.04. The largest absolute Gasteiger partial charge is 0.469 e. The van der Waals surface area contributed by atoms with Gasteiger partial charge in [0.1, 0.15) is 17.9 Å². The SMILES string of the molecule is COC(=O)CCNC(=O)[C@H](O)C(C)(C)COP(=O)(NC(C(=O)OC)C(C)C)Oc1ccccc1. The number of hydrogen-bond donors (Lipinski definition) is 3. The maximum Gasteiger partial charge on any atom is 0.459 e. The molecule has 12 heteroatoms. The van der Waals surface area contributed by atoms with Crippen LogP contribution >= 0.6 is 7.75 Å². The standard InChI is InChI=1S/C22H35N2O9P/c1-15(2)18(21(28)31-6)24-34(29,33-16-10-8-7-9-11-16)32-14-22(3,4)19(26)20(27)23-13-12-17(25)30-5/h7-11,15,18-19,26H,12-14H2,1-6H3,(H,23,27)(H,24,29)/t18?,19-,34?/m0/s1. The van der Waals surface area contributed by atoms with Crippen molar-refractivity contribution in [3.05, 3.63) is 30.3 Å². The summed E-state index contributed by atoms with van der Waals surface area (Å²) in [5.74, 6) is -1.99. The summed E-state index contributed by atoms with van der Waals surface area (Å²) in [6, 6.07) is 7.22. The Morgan fingerprint density at radius 2 is 1.71 bits per heavy atom. The van der Waals surface area contributed by atoms with Gasteiger partial charge in [-0.1, -0.05) is 45.9 Å². The molecule has 0 radical (unpaired) electrons. The summed E-state index contributed by atoms with van der Waals surface area (Å²) in [6.07, 6.45) is -1.61. The molecule has 1 aromatic rings. The lowest BCUT2D eigenvalue weighted by Gasteiger charge is -2.32. The Morgan fingerprint density at radius 3 is 2.24 bits per heavy atom. The highest BCUT2D eigenvalue weighted by molar-refractivity contribution is 7.52. The number of esters is 2. The van der Waals surface area contributed by atoms with Crippen LogP contribution in [0, 0.1) is 11.3 Å². The summed E-state index contributed by atoms with van der Waals surface area (Å²) in [7, 11) is -1.74. The van der Waals surface area contributed by atoms with E-state index in [-0.39, 0.29) is 31.2 Å². The van der Waals surface area contributed by atoms with Crippen molar-refractivity contribution in [2.24, 2.45) is 11.3 Å². The van der Waals surface area contributed by atoms with Gasteiger partial charge in [-0.05, 0) is 18.1 Å². The predicted molar refractivity (Wildman–Crippen MR) is 124 cm³/mol. The van der Waals surface area contributed by atoms with Gasteiger partial charge in [0.2, 0.25) is 5.91 Å². The fourth-order valence-electron chi connectivity index (χ4n) is 2.65. The van der Waals surface area contributed by atoms with Gasteiger partial charge < -0.3 is 24.4 Å². The molecule has 0 aliphatic carbocycles. The average molecular weight is 503 g/mol. The van der Waals surface area contributed by atoms with Crippen LogP contribution in [0.25, 0.3) is 0 Å². The van der Waals surface area contributed by atoms with Crippen LogP contribution in [0.1, 0.15) is 34.1 Å². The molecule has 0 aliphatic heterocycles. The molecule has 1 aromatic carbocycles. The highest BCUT2D eigenvalue weighted by Gasteiger charge is 2.40. The Kier molecular flexibility index (Phi) is 11.7. The second-order valence-corrected chi connectivity index (χ2v) is 10.3. The van der Waals surface area contributed by atoms with Gasteiger partial charge >= 0.3 is 19.7 Å². The lowest BCUT2D eigenvalue weighted by Crippen LogP contribution is -2.47. The van der Waals surface area contributed by atoms with Crippen molar-refractivity contribution in [2.45, 2.75) is 46.3 Å². The second kappa shape index (κ2) is 13.4. The molecule has 0 saturated carbocycles. The van der Waals surface area contributed by atoms with Gasteiger partial charge in [-0.25, -0.2) is 4.57 Å². The number of aliphatic hydroxyl groups is 1. The molecule has 0 bridgehead atoms. The quantitative estimate of drug-likeness (QED) is 0.255. The molecule has 2 unspecified atom stereocenters. The van der Waals surface area contributed by atoms with Crippen molar-refractivity contribution in [2.75, 3.05) is 27.4 Å². The second-order valence-electron chi connectivity index (χ2n) is 8.56. The molecule has 0 saturated heterocycles. The van der Waals surface area contributed by atoms with Gasteiger partial charge in [-0.3, -0.25) is 18.9 Å². The van der Waals surface area contributed by atoms with E-state index in [1.165, 1.54) is 28.1 Å². The van der Waals surface area contributed by atoms with E-state index in [0.29, 0.717) is 0 Å². The van der Waals surface area contributed by atoms with Crippen LogP contribution < -0.4 is 14.9 Å². The summed E-state index contributed by atoms with van der Waals surface area (Å²) >= 11 is 0. The Bertz CT molecular complexity index is 861. The number of carbonyl (C=O) groups is 3. The number of ether oxygens (including phenoxy) is 2.